The average molecular weight is 399 g/mol. The number of ether oxygens (including phenoxy) is 1. The predicted molar refractivity (Wildman–Crippen MR) is 111 cm³/mol. The van der Waals surface area contributed by atoms with Crippen molar-refractivity contribution in [1.82, 2.24) is 0 Å². The lowest BCUT2D eigenvalue weighted by atomic mass is 10.0. The van der Waals surface area contributed by atoms with E-state index in [2.05, 4.69) is 19.2 Å². The molecule has 0 aliphatic carbocycles. The normalized spacial score (nSPS) is 11.7. The van der Waals surface area contributed by atoms with Crippen LogP contribution in [0, 0.1) is 10.1 Å². The van der Waals surface area contributed by atoms with E-state index in [4.69, 9.17) is 4.74 Å². The van der Waals surface area contributed by atoms with Gasteiger partial charge in [-0.3, -0.25) is 14.9 Å². The molecule has 2 rings (SSSR count). The zero-order chi connectivity index (χ0) is 21.7. The number of esters is 1. The molecule has 29 heavy (non-hydrogen) atoms. The molecule has 0 radical (unpaired) electrons. The van der Waals surface area contributed by atoms with Crippen molar-refractivity contribution in [2.45, 2.75) is 32.8 Å². The number of hydrogen-bond acceptors (Lipinski definition) is 6. The molecule has 1 atom stereocenters. The summed E-state index contributed by atoms with van der Waals surface area (Å²) < 4.78 is 5.18. The van der Waals surface area contributed by atoms with E-state index < -0.39 is 22.9 Å². The van der Waals surface area contributed by atoms with Crippen molar-refractivity contribution in [1.29, 1.82) is 0 Å². The Labute approximate surface area is 169 Å². The first-order valence-electron chi connectivity index (χ1n) is 9.17. The molecule has 0 saturated heterocycles. The van der Waals surface area contributed by atoms with Crippen LogP contribution in [0.3, 0.4) is 0 Å². The summed E-state index contributed by atoms with van der Waals surface area (Å²) in [6.45, 7) is 5.59. The summed E-state index contributed by atoms with van der Waals surface area (Å²) in [7, 11) is 3.33. The molecular weight excluding hydrogens is 374 g/mol. The van der Waals surface area contributed by atoms with Gasteiger partial charge in [-0.15, -0.1) is 0 Å². The minimum Gasteiger partial charge on any atom is -0.449 e. The van der Waals surface area contributed by atoms with E-state index in [1.807, 2.05) is 12.1 Å². The Kier molecular flexibility index (Phi) is 6.93. The second-order valence-electron chi connectivity index (χ2n) is 7.17. The Hall–Kier alpha value is -3.42. The van der Waals surface area contributed by atoms with Gasteiger partial charge in [0.2, 0.25) is 0 Å². The largest absolute Gasteiger partial charge is 0.449 e. The fourth-order valence-corrected chi connectivity index (χ4v) is 2.65. The molecular formula is C21H25N3O5. The number of rotatable bonds is 7. The minimum absolute atomic E-state index is 0.00300. The molecule has 0 unspecified atom stereocenters. The van der Waals surface area contributed by atoms with Gasteiger partial charge in [0.1, 0.15) is 5.69 Å². The lowest BCUT2D eigenvalue weighted by molar-refractivity contribution is -0.384. The summed E-state index contributed by atoms with van der Waals surface area (Å²) in [6, 6.07) is 11.4. The number of carbonyl (C=O) groups is 2. The van der Waals surface area contributed by atoms with Gasteiger partial charge in [0.05, 0.1) is 10.5 Å². The van der Waals surface area contributed by atoms with Crippen LogP contribution in [-0.4, -0.2) is 37.0 Å². The van der Waals surface area contributed by atoms with E-state index in [1.54, 1.807) is 31.1 Å². The molecule has 0 aliphatic heterocycles. The number of nitro benzene ring substituents is 1. The Morgan fingerprint density at radius 1 is 1.07 bits per heavy atom. The van der Waals surface area contributed by atoms with Gasteiger partial charge >= 0.3 is 5.97 Å². The van der Waals surface area contributed by atoms with Gasteiger partial charge in [-0.25, -0.2) is 4.79 Å². The Bertz CT molecular complexity index is 907. The topological polar surface area (TPSA) is 102 Å². The smallest absolute Gasteiger partial charge is 0.339 e. The highest BCUT2D eigenvalue weighted by Crippen LogP contribution is 2.28. The number of anilines is 2. The van der Waals surface area contributed by atoms with Crippen LogP contribution >= 0.6 is 0 Å². The molecule has 2 aromatic rings. The molecule has 0 saturated carbocycles. The zero-order valence-electron chi connectivity index (χ0n) is 17.1. The van der Waals surface area contributed by atoms with Gasteiger partial charge in [-0.05, 0) is 42.7 Å². The first kappa shape index (κ1) is 21.9. The Morgan fingerprint density at radius 2 is 1.69 bits per heavy atom. The number of nitrogens with zero attached hydrogens (tertiary/aromatic N) is 2. The van der Waals surface area contributed by atoms with Crippen molar-refractivity contribution in [2.24, 2.45) is 0 Å². The summed E-state index contributed by atoms with van der Waals surface area (Å²) >= 11 is 0. The van der Waals surface area contributed by atoms with E-state index in [9.17, 15) is 19.7 Å². The Morgan fingerprint density at radius 3 is 2.21 bits per heavy atom. The van der Waals surface area contributed by atoms with Crippen LogP contribution in [0.1, 0.15) is 42.6 Å². The van der Waals surface area contributed by atoms with Crippen molar-refractivity contribution >= 4 is 28.9 Å². The molecule has 2 aromatic carbocycles. The van der Waals surface area contributed by atoms with E-state index in [0.29, 0.717) is 17.3 Å². The van der Waals surface area contributed by atoms with Crippen LogP contribution in [0.25, 0.3) is 0 Å². The van der Waals surface area contributed by atoms with Gasteiger partial charge in [0.25, 0.3) is 11.6 Å². The van der Waals surface area contributed by atoms with Crippen molar-refractivity contribution in [3.8, 4) is 0 Å². The SMILES string of the molecule is CC(C)c1ccc(NC(=O)[C@H](C)OC(=O)c2ccc(N(C)C)c([N+](=O)[O-])c2)cc1. The van der Waals surface area contributed by atoms with Gasteiger partial charge in [-0.1, -0.05) is 26.0 Å². The summed E-state index contributed by atoms with van der Waals surface area (Å²) in [5.41, 5.74) is 1.88. The standard InChI is InChI=1S/C21H25N3O5/c1-13(2)15-6-9-17(10-7-15)22-20(25)14(3)29-21(26)16-8-11-18(23(4)5)19(12-16)24(27)28/h6-14H,1-5H3,(H,22,25)/t14-/m0/s1. The minimum atomic E-state index is -1.07. The van der Waals surface area contributed by atoms with Crippen LogP contribution < -0.4 is 10.2 Å². The number of nitrogens with one attached hydrogen (secondary N) is 1. The van der Waals surface area contributed by atoms with Crippen LogP contribution in [0.5, 0.6) is 0 Å². The molecule has 154 valence electrons. The monoisotopic (exact) mass is 399 g/mol. The van der Waals surface area contributed by atoms with Gasteiger partial charge in [0.15, 0.2) is 6.10 Å². The molecule has 0 aliphatic rings. The first-order valence-corrected chi connectivity index (χ1v) is 9.17. The van der Waals surface area contributed by atoms with Crippen molar-refractivity contribution in [3.05, 3.63) is 63.7 Å². The summed E-state index contributed by atoms with van der Waals surface area (Å²) in [5.74, 6) is -0.922. The average Bonchev–Trinajstić information content (AvgIpc) is 2.67. The molecule has 1 amide bonds. The van der Waals surface area contributed by atoms with Gasteiger partial charge < -0.3 is 15.0 Å². The number of hydrogen-bond donors (Lipinski definition) is 1. The van der Waals surface area contributed by atoms with E-state index in [1.165, 1.54) is 19.1 Å². The maximum atomic E-state index is 12.3. The molecule has 0 spiro atoms. The second kappa shape index (κ2) is 9.18. The summed E-state index contributed by atoms with van der Waals surface area (Å²) in [5, 5.41) is 14.0. The third kappa shape index (κ3) is 5.54. The lowest BCUT2D eigenvalue weighted by Crippen LogP contribution is -2.30. The van der Waals surface area contributed by atoms with Crippen molar-refractivity contribution < 1.29 is 19.2 Å². The third-order valence-corrected chi connectivity index (χ3v) is 4.39. The molecule has 8 nitrogen and oxygen atoms in total. The molecule has 8 heteroatoms. The highest BCUT2D eigenvalue weighted by molar-refractivity contribution is 5.97. The van der Waals surface area contributed by atoms with Crippen molar-refractivity contribution in [3.63, 3.8) is 0 Å². The molecule has 0 bridgehead atoms. The van der Waals surface area contributed by atoms with Gasteiger partial charge in [0, 0.05) is 25.8 Å². The fourth-order valence-electron chi connectivity index (χ4n) is 2.65. The number of nitro groups is 1. The summed E-state index contributed by atoms with van der Waals surface area (Å²) in [6.07, 6.45) is -1.07. The highest BCUT2D eigenvalue weighted by atomic mass is 16.6. The maximum absolute atomic E-state index is 12.3. The zero-order valence-corrected chi connectivity index (χ0v) is 17.1. The fraction of sp³-hybridized carbons (Fsp3) is 0.333. The first-order chi connectivity index (χ1) is 13.6. The lowest BCUT2D eigenvalue weighted by Gasteiger charge is -2.15. The number of carbonyl (C=O) groups excluding carboxylic acids is 2. The second-order valence-corrected chi connectivity index (χ2v) is 7.17. The van der Waals surface area contributed by atoms with E-state index in [-0.39, 0.29) is 11.3 Å². The molecule has 0 aromatic heterocycles. The summed E-state index contributed by atoms with van der Waals surface area (Å²) in [4.78, 5) is 36.9. The highest BCUT2D eigenvalue weighted by Gasteiger charge is 2.23. The van der Waals surface area contributed by atoms with Crippen LogP contribution in [0.4, 0.5) is 17.1 Å². The molecule has 1 N–H and O–H groups in total. The van der Waals surface area contributed by atoms with E-state index in [0.717, 1.165) is 11.6 Å². The Balaban J connectivity index is 2.06. The van der Waals surface area contributed by atoms with Crippen LogP contribution in [0.2, 0.25) is 0 Å². The number of benzene rings is 2. The molecule has 0 heterocycles. The maximum Gasteiger partial charge on any atom is 0.339 e. The number of amides is 1. The van der Waals surface area contributed by atoms with E-state index >= 15 is 0 Å². The quantitative estimate of drug-likeness (QED) is 0.429. The van der Waals surface area contributed by atoms with Crippen LogP contribution in [-0.2, 0) is 9.53 Å². The van der Waals surface area contributed by atoms with Gasteiger partial charge in [-0.2, -0.15) is 0 Å². The predicted octanol–water partition coefficient (Wildman–Crippen LogP) is 3.97. The van der Waals surface area contributed by atoms with Crippen LogP contribution in [0.15, 0.2) is 42.5 Å². The third-order valence-electron chi connectivity index (χ3n) is 4.39. The van der Waals surface area contributed by atoms with Crippen molar-refractivity contribution in [2.75, 3.05) is 24.3 Å². The molecule has 0 fully saturated rings.